The smallest absolute Gasteiger partial charge is 0.407 e. The van der Waals surface area contributed by atoms with Gasteiger partial charge >= 0.3 is 6.09 Å². The van der Waals surface area contributed by atoms with Crippen LogP contribution < -0.4 is 15.0 Å². The van der Waals surface area contributed by atoms with Crippen molar-refractivity contribution < 1.29 is 24.2 Å². The van der Waals surface area contributed by atoms with Crippen molar-refractivity contribution in [2.75, 3.05) is 36.5 Å². The number of fused-ring (bicyclic) bond motifs is 1. The zero-order valence-electron chi connectivity index (χ0n) is 21.2. The van der Waals surface area contributed by atoms with Crippen LogP contribution in [0.5, 0.6) is 5.75 Å². The second-order valence-electron chi connectivity index (χ2n) is 10.2. The van der Waals surface area contributed by atoms with Crippen molar-refractivity contribution in [3.63, 3.8) is 0 Å². The van der Waals surface area contributed by atoms with Gasteiger partial charge in [-0.2, -0.15) is 5.10 Å². The van der Waals surface area contributed by atoms with Gasteiger partial charge in [-0.25, -0.2) is 14.8 Å². The van der Waals surface area contributed by atoms with Crippen LogP contribution in [0, 0.1) is 0 Å². The molecule has 200 valence electrons. The molecule has 2 amide bonds. The maximum atomic E-state index is 13.1. The molecule has 2 saturated heterocycles. The number of anilines is 2. The maximum absolute atomic E-state index is 13.1. The third-order valence-corrected chi connectivity index (χ3v) is 7.34. The number of hydrogen-bond donors (Lipinski definition) is 2. The molecule has 3 aliphatic rings. The lowest BCUT2D eigenvalue weighted by Crippen LogP contribution is -2.42. The van der Waals surface area contributed by atoms with Crippen LogP contribution in [0.4, 0.5) is 16.3 Å². The molecule has 0 unspecified atom stereocenters. The standard InChI is InChI=1S/C26H31N7O5/c1-31-14-16-10-21(23(11-20(16)30-31)38-19-5-8-37-9-6-19)29-25(34)22-12-28-24(13-27-22)32-7-4-18(15-32)33(26(35)36)17-2-3-17/h10-14,17-19H,2-9,15H2,1H3,(H,29,34)(H,35,36)/t18-/m1/s1. The first-order chi connectivity index (χ1) is 18.4. The van der Waals surface area contributed by atoms with Gasteiger partial charge < -0.3 is 29.7 Å². The Balaban J connectivity index is 1.16. The molecule has 3 aromatic rings. The number of hydrogen-bond acceptors (Lipinski definition) is 8. The fourth-order valence-corrected chi connectivity index (χ4v) is 5.27. The molecule has 0 radical (unpaired) electrons. The van der Waals surface area contributed by atoms with E-state index in [1.807, 2.05) is 30.3 Å². The summed E-state index contributed by atoms with van der Waals surface area (Å²) in [5.41, 5.74) is 1.51. The Morgan fingerprint density at radius 3 is 2.63 bits per heavy atom. The Bertz CT molecular complexity index is 1330. The van der Waals surface area contributed by atoms with E-state index in [1.54, 1.807) is 15.8 Å². The quantitative estimate of drug-likeness (QED) is 0.481. The van der Waals surface area contributed by atoms with Crippen LogP contribution in [0.3, 0.4) is 0 Å². The molecular formula is C26H31N7O5. The van der Waals surface area contributed by atoms with Gasteiger partial charge in [0.1, 0.15) is 23.4 Å². The summed E-state index contributed by atoms with van der Waals surface area (Å²) >= 11 is 0. The topological polar surface area (TPSA) is 135 Å². The zero-order chi connectivity index (χ0) is 26.2. The fourth-order valence-electron chi connectivity index (χ4n) is 5.27. The van der Waals surface area contributed by atoms with Gasteiger partial charge in [0.05, 0.1) is 42.9 Å². The van der Waals surface area contributed by atoms with Crippen molar-refractivity contribution >= 4 is 34.4 Å². The van der Waals surface area contributed by atoms with Gasteiger partial charge in [-0.3, -0.25) is 9.48 Å². The minimum absolute atomic E-state index is 0.000826. The lowest BCUT2D eigenvalue weighted by molar-refractivity contribution is 0.0258. The van der Waals surface area contributed by atoms with Gasteiger partial charge in [0.25, 0.3) is 5.91 Å². The summed E-state index contributed by atoms with van der Waals surface area (Å²) in [6.45, 7) is 2.56. The van der Waals surface area contributed by atoms with Crippen molar-refractivity contribution in [1.82, 2.24) is 24.6 Å². The number of nitrogens with one attached hydrogen (secondary N) is 1. The Morgan fingerprint density at radius 1 is 1.11 bits per heavy atom. The molecule has 4 heterocycles. The largest absolute Gasteiger partial charge is 0.488 e. The molecule has 12 heteroatoms. The zero-order valence-corrected chi connectivity index (χ0v) is 21.2. The second-order valence-corrected chi connectivity index (χ2v) is 10.2. The van der Waals surface area contributed by atoms with Gasteiger partial charge in [0.15, 0.2) is 0 Å². The first kappa shape index (κ1) is 24.4. The van der Waals surface area contributed by atoms with Crippen molar-refractivity contribution in [3.05, 3.63) is 36.4 Å². The van der Waals surface area contributed by atoms with E-state index in [2.05, 4.69) is 20.4 Å². The van der Waals surface area contributed by atoms with Gasteiger partial charge in [-0.05, 0) is 25.3 Å². The van der Waals surface area contributed by atoms with Crippen LogP contribution in [0.1, 0.15) is 42.6 Å². The molecule has 3 fully saturated rings. The Hall–Kier alpha value is -3.93. The summed E-state index contributed by atoms with van der Waals surface area (Å²) in [5, 5.41) is 17.9. The van der Waals surface area contributed by atoms with Gasteiger partial charge in [-0.1, -0.05) is 0 Å². The highest BCUT2D eigenvalue weighted by Crippen LogP contribution is 2.34. The van der Waals surface area contributed by atoms with Crippen LogP contribution in [0.25, 0.3) is 10.9 Å². The lowest BCUT2D eigenvalue weighted by atomic mass is 10.1. The van der Waals surface area contributed by atoms with Crippen molar-refractivity contribution in [3.8, 4) is 5.75 Å². The van der Waals surface area contributed by atoms with E-state index < -0.39 is 12.0 Å². The Labute approximate surface area is 219 Å². The minimum atomic E-state index is -0.859. The summed E-state index contributed by atoms with van der Waals surface area (Å²) in [4.78, 5) is 37.3. The fraction of sp³-hybridized carbons (Fsp3) is 0.500. The molecule has 1 atom stereocenters. The molecule has 0 spiro atoms. The average Bonchev–Trinajstić information content (AvgIpc) is 3.49. The minimum Gasteiger partial charge on any atom is -0.488 e. The lowest BCUT2D eigenvalue weighted by Gasteiger charge is -2.26. The molecular weight excluding hydrogens is 490 g/mol. The van der Waals surface area contributed by atoms with Gasteiger partial charge in [-0.15, -0.1) is 0 Å². The van der Waals surface area contributed by atoms with E-state index in [0.29, 0.717) is 43.6 Å². The summed E-state index contributed by atoms with van der Waals surface area (Å²) in [6, 6.07) is 3.79. The van der Waals surface area contributed by atoms with E-state index in [0.717, 1.165) is 43.0 Å². The number of nitrogens with zero attached hydrogens (tertiary/aromatic N) is 6. The molecule has 6 rings (SSSR count). The SMILES string of the molecule is Cn1cc2cc(NC(=O)c3cnc(N4CC[C@@H](N(C(=O)O)C5CC5)C4)cn3)c(OC3CCOCC3)cc2n1. The Kier molecular flexibility index (Phi) is 6.48. The highest BCUT2D eigenvalue weighted by atomic mass is 16.5. The average molecular weight is 522 g/mol. The van der Waals surface area contributed by atoms with Gasteiger partial charge in [0, 0.05) is 56.7 Å². The predicted molar refractivity (Wildman–Crippen MR) is 139 cm³/mol. The van der Waals surface area contributed by atoms with Crippen molar-refractivity contribution in [2.45, 2.75) is 50.3 Å². The van der Waals surface area contributed by atoms with E-state index in [-0.39, 0.29) is 23.9 Å². The molecule has 1 aromatic carbocycles. The number of carboxylic acid groups (broad SMARTS) is 1. The summed E-state index contributed by atoms with van der Waals surface area (Å²) < 4.78 is 13.4. The first-order valence-corrected chi connectivity index (χ1v) is 13.1. The highest BCUT2D eigenvalue weighted by molar-refractivity contribution is 6.04. The molecule has 1 aliphatic carbocycles. The summed E-state index contributed by atoms with van der Waals surface area (Å²) in [7, 11) is 1.85. The predicted octanol–water partition coefficient (Wildman–Crippen LogP) is 2.89. The number of aromatic nitrogens is 4. The number of benzene rings is 1. The first-order valence-electron chi connectivity index (χ1n) is 13.1. The van der Waals surface area contributed by atoms with Crippen LogP contribution in [-0.2, 0) is 11.8 Å². The molecule has 2 N–H and O–H groups in total. The molecule has 1 saturated carbocycles. The highest BCUT2D eigenvalue weighted by Gasteiger charge is 2.40. The number of ether oxygens (including phenoxy) is 2. The monoisotopic (exact) mass is 521 g/mol. The maximum Gasteiger partial charge on any atom is 0.407 e. The molecule has 0 bridgehead atoms. The van der Waals surface area contributed by atoms with Crippen LogP contribution in [-0.4, -0.2) is 86.2 Å². The molecule has 2 aliphatic heterocycles. The number of rotatable bonds is 7. The third kappa shape index (κ3) is 5.08. The number of carbonyl (C=O) groups is 2. The van der Waals surface area contributed by atoms with E-state index >= 15 is 0 Å². The van der Waals surface area contributed by atoms with E-state index in [9.17, 15) is 14.7 Å². The van der Waals surface area contributed by atoms with Crippen LogP contribution in [0.2, 0.25) is 0 Å². The summed E-state index contributed by atoms with van der Waals surface area (Å²) in [5.74, 6) is 0.794. The summed E-state index contributed by atoms with van der Waals surface area (Å²) in [6.07, 6.45) is 8.23. The van der Waals surface area contributed by atoms with Crippen molar-refractivity contribution in [1.29, 1.82) is 0 Å². The Morgan fingerprint density at radius 2 is 1.92 bits per heavy atom. The van der Waals surface area contributed by atoms with Crippen LogP contribution in [0.15, 0.2) is 30.7 Å². The normalized spacial score (nSPS) is 20.0. The number of aryl methyl sites for hydroxylation is 1. The van der Waals surface area contributed by atoms with E-state index in [1.165, 1.54) is 6.20 Å². The van der Waals surface area contributed by atoms with Crippen LogP contribution >= 0.6 is 0 Å². The van der Waals surface area contributed by atoms with Crippen molar-refractivity contribution in [2.24, 2.45) is 7.05 Å². The third-order valence-electron chi connectivity index (χ3n) is 7.34. The van der Waals surface area contributed by atoms with Gasteiger partial charge in [0.2, 0.25) is 0 Å². The number of carbonyl (C=O) groups excluding carboxylic acids is 1. The number of amides is 2. The van der Waals surface area contributed by atoms with E-state index in [4.69, 9.17) is 9.47 Å². The molecule has 12 nitrogen and oxygen atoms in total. The molecule has 2 aromatic heterocycles. The molecule has 38 heavy (non-hydrogen) atoms. The second kappa shape index (κ2) is 10.1.